The van der Waals surface area contributed by atoms with Crippen LogP contribution in [0.15, 0.2) is 82.0 Å². The number of furan rings is 2. The van der Waals surface area contributed by atoms with Gasteiger partial charge in [-0.3, -0.25) is 9.97 Å². The first kappa shape index (κ1) is 31.6. The fourth-order valence-electron chi connectivity index (χ4n) is 5.50. The zero-order chi connectivity index (χ0) is 35.1. The van der Waals surface area contributed by atoms with Crippen LogP contribution >= 0.6 is 0 Å². The summed E-state index contributed by atoms with van der Waals surface area (Å²) < 4.78 is 41.4. The fraction of sp³-hybridized carbons (Fsp3) is 0.161. The average molecular weight is 706 g/mol. The number of nitrogens with two attached hydrogens (primary N) is 2. The lowest BCUT2D eigenvalue weighted by molar-refractivity contribution is 0.395. The van der Waals surface area contributed by atoms with E-state index in [1.807, 2.05) is 0 Å². The van der Waals surface area contributed by atoms with Crippen LogP contribution in [-0.4, -0.2) is 78.9 Å². The summed E-state index contributed by atoms with van der Waals surface area (Å²) in [7, 11) is -3.69. The van der Waals surface area contributed by atoms with Crippen molar-refractivity contribution in [1.29, 1.82) is 0 Å². The van der Waals surface area contributed by atoms with Gasteiger partial charge in [-0.2, -0.15) is 14.3 Å². The highest BCUT2D eigenvalue weighted by Gasteiger charge is 2.22. The number of aromatic nitrogens is 12. The standard InChI is InChI=1S/C31H27N15O4S/c1-51(47,48)44(14-18-6-2-8-20(34-18)16-45-28-26(40-42-45)24(36-30(32)38-28)22-10-4-12-49-22)15-19-7-3-9-21(35-19)17-46-29-27(41-43-46)25(37-31(33)39-29)23-11-5-13-50-23/h2-13H,14-17H2,1H3,(H2,32,36,38)(H2,33,37,39). The summed E-state index contributed by atoms with van der Waals surface area (Å²) in [6.45, 7) is 0.372. The van der Waals surface area contributed by atoms with Crippen molar-refractivity contribution in [3.05, 3.63) is 96.0 Å². The predicted octanol–water partition coefficient (Wildman–Crippen LogP) is 2.29. The first-order valence-corrected chi connectivity index (χ1v) is 17.2. The number of hydrogen-bond donors (Lipinski definition) is 2. The van der Waals surface area contributed by atoms with Gasteiger partial charge in [0.15, 0.2) is 33.8 Å². The predicted molar refractivity (Wildman–Crippen MR) is 181 cm³/mol. The first-order valence-electron chi connectivity index (χ1n) is 15.3. The molecule has 0 atom stereocenters. The molecular formula is C31H27N15O4S. The van der Waals surface area contributed by atoms with E-state index in [2.05, 4.69) is 40.6 Å². The van der Waals surface area contributed by atoms with E-state index >= 15 is 0 Å². The minimum absolute atomic E-state index is 0.00604. The van der Waals surface area contributed by atoms with E-state index in [9.17, 15) is 8.42 Å². The highest BCUT2D eigenvalue weighted by atomic mass is 32.2. The number of hydrogen-bond acceptors (Lipinski definition) is 16. The lowest BCUT2D eigenvalue weighted by Gasteiger charge is -2.20. The number of fused-ring (bicyclic) bond motifs is 2. The second kappa shape index (κ2) is 12.7. The minimum atomic E-state index is -3.69. The quantitative estimate of drug-likeness (QED) is 0.196. The van der Waals surface area contributed by atoms with Crippen LogP contribution in [0.1, 0.15) is 22.8 Å². The number of pyridine rings is 2. The van der Waals surface area contributed by atoms with E-state index in [1.165, 1.54) is 16.8 Å². The van der Waals surface area contributed by atoms with Crippen molar-refractivity contribution in [3.8, 4) is 22.9 Å². The second-order valence-electron chi connectivity index (χ2n) is 11.4. The SMILES string of the molecule is CS(=O)(=O)N(Cc1cccc(Cn2nnc3c(-c4ccco4)nc(N)nc32)n1)Cc1cccc(Cn2nnc3c(-c4ccco4)nc(N)nc32)n1. The Morgan fingerprint density at radius 2 is 1.08 bits per heavy atom. The number of rotatable bonds is 11. The highest BCUT2D eigenvalue weighted by Crippen LogP contribution is 2.27. The van der Waals surface area contributed by atoms with Crippen molar-refractivity contribution in [2.24, 2.45) is 0 Å². The van der Waals surface area contributed by atoms with Crippen LogP contribution in [0.5, 0.6) is 0 Å². The van der Waals surface area contributed by atoms with E-state index in [0.29, 0.717) is 68.0 Å². The van der Waals surface area contributed by atoms with Crippen LogP contribution in [0.25, 0.3) is 45.2 Å². The van der Waals surface area contributed by atoms with E-state index in [1.54, 1.807) is 70.0 Å². The number of sulfonamides is 1. The summed E-state index contributed by atoms with van der Waals surface area (Å²) >= 11 is 0. The Balaban J connectivity index is 1.01. The van der Waals surface area contributed by atoms with Gasteiger partial charge >= 0.3 is 0 Å². The third-order valence-electron chi connectivity index (χ3n) is 7.77. The van der Waals surface area contributed by atoms with Crippen molar-refractivity contribution >= 4 is 44.2 Å². The van der Waals surface area contributed by atoms with Crippen LogP contribution in [0, 0.1) is 0 Å². The summed E-state index contributed by atoms with van der Waals surface area (Å²) in [5.74, 6) is 1.03. The molecule has 19 nitrogen and oxygen atoms in total. The topological polar surface area (TPSA) is 254 Å². The Hall–Kier alpha value is -6.67. The normalized spacial score (nSPS) is 12.0. The molecule has 0 aliphatic rings. The van der Waals surface area contributed by atoms with E-state index < -0.39 is 10.0 Å². The van der Waals surface area contributed by atoms with Crippen LogP contribution in [-0.2, 0) is 36.2 Å². The molecular weight excluding hydrogens is 679 g/mol. The molecule has 0 saturated carbocycles. The van der Waals surface area contributed by atoms with Gasteiger partial charge < -0.3 is 20.3 Å². The lowest BCUT2D eigenvalue weighted by Crippen LogP contribution is -2.30. The third-order valence-corrected chi connectivity index (χ3v) is 8.96. The summed E-state index contributed by atoms with van der Waals surface area (Å²) in [5.41, 5.74) is 16.7. The summed E-state index contributed by atoms with van der Waals surface area (Å²) in [6.07, 6.45) is 4.20. The van der Waals surface area contributed by atoms with Gasteiger partial charge in [0, 0.05) is 0 Å². The average Bonchev–Trinajstić information content (AvgIpc) is 3.93. The molecule has 4 N–H and O–H groups in total. The Kier molecular flexibility index (Phi) is 7.84. The molecule has 20 heteroatoms. The number of anilines is 2. The molecule has 8 aromatic rings. The summed E-state index contributed by atoms with van der Waals surface area (Å²) in [6, 6.07) is 17.6. The van der Waals surface area contributed by atoms with Crippen molar-refractivity contribution in [2.75, 3.05) is 17.7 Å². The molecule has 256 valence electrons. The van der Waals surface area contributed by atoms with Gasteiger partial charge in [-0.1, -0.05) is 22.6 Å². The van der Waals surface area contributed by atoms with E-state index in [4.69, 9.17) is 30.3 Å². The highest BCUT2D eigenvalue weighted by molar-refractivity contribution is 7.88. The number of nitrogens with zero attached hydrogens (tertiary/aromatic N) is 13. The number of nitrogen functional groups attached to an aromatic ring is 2. The van der Waals surface area contributed by atoms with Gasteiger partial charge in [0.25, 0.3) is 0 Å². The zero-order valence-electron chi connectivity index (χ0n) is 26.8. The molecule has 0 radical (unpaired) electrons. The van der Waals surface area contributed by atoms with Crippen molar-refractivity contribution in [3.63, 3.8) is 0 Å². The van der Waals surface area contributed by atoms with Gasteiger partial charge in [-0.25, -0.2) is 27.7 Å². The third kappa shape index (κ3) is 6.43. The maximum Gasteiger partial charge on any atom is 0.222 e. The summed E-state index contributed by atoms with van der Waals surface area (Å²) in [5, 5.41) is 17.0. The van der Waals surface area contributed by atoms with Gasteiger partial charge in [-0.15, -0.1) is 10.2 Å². The molecule has 8 rings (SSSR count). The lowest BCUT2D eigenvalue weighted by atomic mass is 10.2. The van der Waals surface area contributed by atoms with Crippen LogP contribution < -0.4 is 11.5 Å². The molecule has 0 amide bonds. The Morgan fingerprint density at radius 1 is 0.627 bits per heavy atom. The Labute approximate surface area is 288 Å². The molecule has 0 aliphatic carbocycles. The van der Waals surface area contributed by atoms with E-state index in [0.717, 1.165) is 6.26 Å². The summed E-state index contributed by atoms with van der Waals surface area (Å²) in [4.78, 5) is 26.6. The maximum atomic E-state index is 13.0. The molecule has 8 aromatic heterocycles. The minimum Gasteiger partial charge on any atom is -0.463 e. The molecule has 0 fully saturated rings. The van der Waals surface area contributed by atoms with Crippen molar-refractivity contribution in [1.82, 2.24) is 64.2 Å². The van der Waals surface area contributed by atoms with Gasteiger partial charge in [-0.05, 0) is 48.5 Å². The Bertz CT molecular complexity index is 2450. The molecule has 0 spiro atoms. The van der Waals surface area contributed by atoms with Crippen LogP contribution in [0.4, 0.5) is 11.9 Å². The van der Waals surface area contributed by atoms with Crippen molar-refractivity contribution < 1.29 is 17.3 Å². The molecule has 0 aliphatic heterocycles. The van der Waals surface area contributed by atoms with Crippen molar-refractivity contribution in [2.45, 2.75) is 26.2 Å². The van der Waals surface area contributed by atoms with Gasteiger partial charge in [0.2, 0.25) is 21.9 Å². The monoisotopic (exact) mass is 705 g/mol. The molecule has 0 unspecified atom stereocenters. The van der Waals surface area contributed by atoms with E-state index in [-0.39, 0.29) is 38.1 Å². The molecule has 51 heavy (non-hydrogen) atoms. The fourth-order valence-corrected chi connectivity index (χ4v) is 6.23. The van der Waals surface area contributed by atoms with Crippen LogP contribution in [0.2, 0.25) is 0 Å². The van der Waals surface area contributed by atoms with Gasteiger partial charge in [0.05, 0.1) is 67.7 Å². The maximum absolute atomic E-state index is 13.0. The zero-order valence-corrected chi connectivity index (χ0v) is 27.6. The largest absolute Gasteiger partial charge is 0.463 e. The molecule has 8 heterocycles. The van der Waals surface area contributed by atoms with Gasteiger partial charge in [0.1, 0.15) is 11.4 Å². The molecule has 0 saturated heterocycles. The Morgan fingerprint density at radius 3 is 1.49 bits per heavy atom. The first-order chi connectivity index (χ1) is 24.7. The smallest absolute Gasteiger partial charge is 0.222 e. The second-order valence-corrected chi connectivity index (χ2v) is 13.4. The van der Waals surface area contributed by atoms with Crippen LogP contribution in [0.3, 0.4) is 0 Å². The molecule has 0 aromatic carbocycles. The molecule has 0 bridgehead atoms.